The summed E-state index contributed by atoms with van der Waals surface area (Å²) in [6.07, 6.45) is 3.93. The molecule has 19 heavy (non-hydrogen) atoms. The molecule has 0 amide bonds. The number of carbonyl (C=O) groups is 1. The highest BCUT2D eigenvalue weighted by molar-refractivity contribution is 5.86. The van der Waals surface area contributed by atoms with Gasteiger partial charge >= 0.3 is 0 Å². The number of hydrogen-bond donors (Lipinski definition) is 1. The van der Waals surface area contributed by atoms with Crippen LogP contribution in [0, 0.1) is 0 Å². The van der Waals surface area contributed by atoms with E-state index in [9.17, 15) is 4.79 Å². The van der Waals surface area contributed by atoms with E-state index in [-0.39, 0.29) is 11.5 Å². The van der Waals surface area contributed by atoms with Gasteiger partial charge in [-0.2, -0.15) is 0 Å². The van der Waals surface area contributed by atoms with Crippen LogP contribution in [0.2, 0.25) is 0 Å². The van der Waals surface area contributed by atoms with E-state index in [2.05, 4.69) is 50.4 Å². The molecule has 2 heteroatoms. The fourth-order valence-corrected chi connectivity index (χ4v) is 2.57. The lowest BCUT2D eigenvalue weighted by Gasteiger charge is -2.22. The molecule has 2 nitrogen and oxygen atoms in total. The lowest BCUT2D eigenvalue weighted by molar-refractivity contribution is -0.120. The zero-order chi connectivity index (χ0) is 13.9. The first-order chi connectivity index (χ1) is 8.97. The van der Waals surface area contributed by atoms with Crippen LogP contribution in [0.15, 0.2) is 24.3 Å². The Labute approximate surface area is 116 Å². The second-order valence-corrected chi connectivity index (χ2v) is 6.59. The molecule has 1 aromatic carbocycles. The summed E-state index contributed by atoms with van der Waals surface area (Å²) >= 11 is 0. The van der Waals surface area contributed by atoms with Crippen molar-refractivity contribution in [1.82, 2.24) is 5.32 Å². The van der Waals surface area contributed by atoms with Crippen molar-refractivity contribution in [2.75, 3.05) is 6.54 Å². The smallest absolute Gasteiger partial charge is 0.154 e. The van der Waals surface area contributed by atoms with E-state index in [0.717, 1.165) is 18.5 Å². The van der Waals surface area contributed by atoms with Gasteiger partial charge in [0.25, 0.3) is 0 Å². The molecule has 1 aliphatic heterocycles. The zero-order valence-corrected chi connectivity index (χ0v) is 12.3. The van der Waals surface area contributed by atoms with E-state index < -0.39 is 0 Å². The summed E-state index contributed by atoms with van der Waals surface area (Å²) < 4.78 is 0. The Morgan fingerprint density at radius 1 is 1.21 bits per heavy atom. The molecule has 0 aromatic heterocycles. The van der Waals surface area contributed by atoms with E-state index in [4.69, 9.17) is 0 Å². The minimum atomic E-state index is 0.0797. The lowest BCUT2D eigenvalue weighted by Crippen LogP contribution is -2.41. The predicted octanol–water partition coefficient (Wildman–Crippen LogP) is 3.24. The number of carbonyl (C=O) groups excluding carboxylic acids is 1. The molecule has 1 aromatic rings. The van der Waals surface area contributed by atoms with Crippen LogP contribution in [0.25, 0.3) is 0 Å². The quantitative estimate of drug-likeness (QED) is 0.903. The maximum Gasteiger partial charge on any atom is 0.154 e. The SMILES string of the molecule is CC(C)(C)c1ccc(CC(=O)C2CCCCN2)cc1. The van der Waals surface area contributed by atoms with Gasteiger partial charge in [0.05, 0.1) is 6.04 Å². The topological polar surface area (TPSA) is 29.1 Å². The Morgan fingerprint density at radius 2 is 1.89 bits per heavy atom. The van der Waals surface area contributed by atoms with Crippen molar-refractivity contribution in [3.63, 3.8) is 0 Å². The number of ketones is 1. The second-order valence-electron chi connectivity index (χ2n) is 6.59. The van der Waals surface area contributed by atoms with E-state index in [1.807, 2.05) is 0 Å². The molecule has 1 unspecified atom stereocenters. The molecule has 1 N–H and O–H groups in total. The van der Waals surface area contributed by atoms with Crippen LogP contribution in [0.4, 0.5) is 0 Å². The molecule has 104 valence electrons. The van der Waals surface area contributed by atoms with E-state index >= 15 is 0 Å². The zero-order valence-electron chi connectivity index (χ0n) is 12.3. The van der Waals surface area contributed by atoms with Gasteiger partial charge in [-0.3, -0.25) is 4.79 Å². The third-order valence-electron chi connectivity index (χ3n) is 3.90. The first-order valence-corrected chi connectivity index (χ1v) is 7.32. The summed E-state index contributed by atoms with van der Waals surface area (Å²) in [5.41, 5.74) is 2.62. The Bertz CT molecular complexity index is 422. The van der Waals surface area contributed by atoms with Crippen LogP contribution in [-0.4, -0.2) is 18.4 Å². The van der Waals surface area contributed by atoms with Gasteiger partial charge in [0.1, 0.15) is 0 Å². The van der Waals surface area contributed by atoms with E-state index in [1.165, 1.54) is 18.4 Å². The number of benzene rings is 1. The summed E-state index contributed by atoms with van der Waals surface area (Å²) in [6.45, 7) is 7.61. The summed E-state index contributed by atoms with van der Waals surface area (Å²) in [7, 11) is 0. The molecular formula is C17H25NO. The highest BCUT2D eigenvalue weighted by Crippen LogP contribution is 2.22. The minimum absolute atomic E-state index is 0.0797. The monoisotopic (exact) mass is 259 g/mol. The van der Waals surface area contributed by atoms with Gasteiger partial charge in [0, 0.05) is 6.42 Å². The van der Waals surface area contributed by atoms with Crippen LogP contribution in [0.1, 0.15) is 51.2 Å². The van der Waals surface area contributed by atoms with Gasteiger partial charge in [0.15, 0.2) is 5.78 Å². The molecule has 1 saturated heterocycles. The molecule has 0 spiro atoms. The molecule has 1 aliphatic rings. The average Bonchev–Trinajstić information content (AvgIpc) is 2.39. The van der Waals surface area contributed by atoms with Crippen LogP contribution >= 0.6 is 0 Å². The van der Waals surface area contributed by atoms with Crippen molar-refractivity contribution >= 4 is 5.78 Å². The van der Waals surface area contributed by atoms with Crippen molar-refractivity contribution < 1.29 is 4.79 Å². The summed E-state index contributed by atoms with van der Waals surface area (Å²) in [5.74, 6) is 0.336. The van der Waals surface area contributed by atoms with Crippen LogP contribution in [0.5, 0.6) is 0 Å². The first-order valence-electron chi connectivity index (χ1n) is 7.32. The normalized spacial score (nSPS) is 20.3. The molecule has 0 saturated carbocycles. The molecule has 0 bridgehead atoms. The Balaban J connectivity index is 1.97. The number of rotatable bonds is 3. The molecule has 1 fully saturated rings. The first kappa shape index (κ1) is 14.3. The number of piperidine rings is 1. The van der Waals surface area contributed by atoms with Gasteiger partial charge in [0.2, 0.25) is 0 Å². The second kappa shape index (κ2) is 5.87. The fraction of sp³-hybridized carbons (Fsp3) is 0.588. The van der Waals surface area contributed by atoms with Gasteiger partial charge in [-0.05, 0) is 35.9 Å². The van der Waals surface area contributed by atoms with Gasteiger partial charge in [-0.25, -0.2) is 0 Å². The van der Waals surface area contributed by atoms with Crippen molar-refractivity contribution in [2.45, 2.75) is 57.9 Å². The molecule has 1 heterocycles. The average molecular weight is 259 g/mol. The number of nitrogens with one attached hydrogen (secondary N) is 1. The van der Waals surface area contributed by atoms with Gasteiger partial charge in [-0.1, -0.05) is 51.5 Å². The van der Waals surface area contributed by atoms with Crippen LogP contribution < -0.4 is 5.32 Å². The maximum absolute atomic E-state index is 12.2. The van der Waals surface area contributed by atoms with Crippen LogP contribution in [0.3, 0.4) is 0 Å². The number of hydrogen-bond acceptors (Lipinski definition) is 2. The molecule has 1 atom stereocenters. The van der Waals surface area contributed by atoms with E-state index in [0.29, 0.717) is 12.2 Å². The Kier molecular flexibility index (Phi) is 4.41. The maximum atomic E-state index is 12.2. The van der Waals surface area contributed by atoms with Crippen molar-refractivity contribution in [3.05, 3.63) is 35.4 Å². The summed E-state index contributed by atoms with van der Waals surface area (Å²) in [5, 5.41) is 3.33. The van der Waals surface area contributed by atoms with Gasteiger partial charge < -0.3 is 5.32 Å². The van der Waals surface area contributed by atoms with Crippen LogP contribution in [-0.2, 0) is 16.6 Å². The van der Waals surface area contributed by atoms with Crippen molar-refractivity contribution in [1.29, 1.82) is 0 Å². The highest BCUT2D eigenvalue weighted by Gasteiger charge is 2.20. The highest BCUT2D eigenvalue weighted by atomic mass is 16.1. The largest absolute Gasteiger partial charge is 0.307 e. The molecular weight excluding hydrogens is 234 g/mol. The Hall–Kier alpha value is -1.15. The van der Waals surface area contributed by atoms with E-state index in [1.54, 1.807) is 0 Å². The van der Waals surface area contributed by atoms with Gasteiger partial charge in [-0.15, -0.1) is 0 Å². The lowest BCUT2D eigenvalue weighted by atomic mass is 9.86. The molecule has 0 radical (unpaired) electrons. The summed E-state index contributed by atoms with van der Waals surface area (Å²) in [6, 6.07) is 8.58. The number of Topliss-reactive ketones (excluding diaryl/α,β-unsaturated/α-hetero) is 1. The molecule has 2 rings (SSSR count). The third kappa shape index (κ3) is 3.90. The Morgan fingerprint density at radius 3 is 2.42 bits per heavy atom. The minimum Gasteiger partial charge on any atom is -0.307 e. The third-order valence-corrected chi connectivity index (χ3v) is 3.90. The molecule has 0 aliphatic carbocycles. The van der Waals surface area contributed by atoms with Crippen molar-refractivity contribution in [3.8, 4) is 0 Å². The van der Waals surface area contributed by atoms with Crippen molar-refractivity contribution in [2.24, 2.45) is 0 Å². The standard InChI is InChI=1S/C17H25NO/c1-17(2,3)14-9-7-13(8-10-14)12-16(19)15-6-4-5-11-18-15/h7-10,15,18H,4-6,11-12H2,1-3H3. The predicted molar refractivity (Wildman–Crippen MR) is 79.5 cm³/mol. The summed E-state index contributed by atoms with van der Waals surface area (Å²) in [4.78, 5) is 12.2. The fourth-order valence-electron chi connectivity index (χ4n) is 2.57.